The summed E-state index contributed by atoms with van der Waals surface area (Å²) in [7, 11) is 0. The number of amides is 2. The standard InChI is InChI=1S/C21H16F4N4O2/c22-16-3-1-2-13(6-16)8-26-20(30)27-9-17-11-29-10-15(14-4-5-31-12-14)7-18(19(29)28-17)21(23,24)25/h1-7,10-12H,8-9H2,(H2,26,27,30). The summed E-state index contributed by atoms with van der Waals surface area (Å²) >= 11 is 0. The molecule has 0 radical (unpaired) electrons. The van der Waals surface area contributed by atoms with Gasteiger partial charge in [-0.2, -0.15) is 13.2 Å². The monoisotopic (exact) mass is 432 g/mol. The van der Waals surface area contributed by atoms with Crippen molar-refractivity contribution in [2.45, 2.75) is 19.3 Å². The Hall–Kier alpha value is -3.82. The number of benzene rings is 1. The highest BCUT2D eigenvalue weighted by Gasteiger charge is 2.34. The lowest BCUT2D eigenvalue weighted by molar-refractivity contribution is -0.136. The number of nitrogens with one attached hydrogen (secondary N) is 2. The number of hydrogen-bond acceptors (Lipinski definition) is 3. The van der Waals surface area contributed by atoms with E-state index in [1.807, 2.05) is 0 Å². The van der Waals surface area contributed by atoms with Gasteiger partial charge in [0, 0.05) is 30.1 Å². The number of pyridine rings is 1. The predicted molar refractivity (Wildman–Crippen MR) is 103 cm³/mol. The van der Waals surface area contributed by atoms with Gasteiger partial charge in [0.25, 0.3) is 0 Å². The maximum atomic E-state index is 13.6. The van der Waals surface area contributed by atoms with Crippen molar-refractivity contribution in [2.24, 2.45) is 0 Å². The van der Waals surface area contributed by atoms with Crippen molar-refractivity contribution >= 4 is 11.7 Å². The highest BCUT2D eigenvalue weighted by Crippen LogP contribution is 2.35. The first-order chi connectivity index (χ1) is 14.8. The zero-order valence-corrected chi connectivity index (χ0v) is 15.9. The van der Waals surface area contributed by atoms with Crippen LogP contribution < -0.4 is 10.6 Å². The molecule has 0 aliphatic rings. The van der Waals surface area contributed by atoms with Crippen LogP contribution >= 0.6 is 0 Å². The summed E-state index contributed by atoms with van der Waals surface area (Å²) in [5, 5.41) is 5.08. The molecule has 4 rings (SSSR count). The normalized spacial score (nSPS) is 11.6. The number of imidazole rings is 1. The molecule has 31 heavy (non-hydrogen) atoms. The zero-order valence-electron chi connectivity index (χ0n) is 15.9. The molecule has 4 aromatic rings. The largest absolute Gasteiger partial charge is 0.472 e. The van der Waals surface area contributed by atoms with Crippen LogP contribution in [0.25, 0.3) is 16.8 Å². The Morgan fingerprint density at radius 2 is 1.87 bits per heavy atom. The number of fused-ring (bicyclic) bond motifs is 1. The minimum Gasteiger partial charge on any atom is -0.472 e. The average molecular weight is 432 g/mol. The number of rotatable bonds is 5. The minimum absolute atomic E-state index is 0.0883. The summed E-state index contributed by atoms with van der Waals surface area (Å²) in [6.45, 7) is 0.00997. The summed E-state index contributed by atoms with van der Waals surface area (Å²) in [4.78, 5) is 16.0. The van der Waals surface area contributed by atoms with E-state index in [2.05, 4.69) is 15.6 Å². The highest BCUT2D eigenvalue weighted by atomic mass is 19.4. The van der Waals surface area contributed by atoms with Crippen molar-refractivity contribution in [1.29, 1.82) is 0 Å². The Morgan fingerprint density at radius 3 is 2.58 bits per heavy atom. The van der Waals surface area contributed by atoms with Crippen molar-refractivity contribution in [3.05, 3.63) is 84.0 Å². The van der Waals surface area contributed by atoms with Crippen molar-refractivity contribution in [3.8, 4) is 11.1 Å². The van der Waals surface area contributed by atoms with Gasteiger partial charge in [0.2, 0.25) is 0 Å². The SMILES string of the molecule is O=C(NCc1cccc(F)c1)NCc1cn2cc(-c3ccoc3)cc(C(F)(F)F)c2n1. The molecule has 0 spiro atoms. The van der Waals surface area contributed by atoms with Gasteiger partial charge in [-0.05, 0) is 29.8 Å². The second-order valence-electron chi connectivity index (χ2n) is 6.78. The van der Waals surface area contributed by atoms with Crippen LogP contribution in [0.5, 0.6) is 0 Å². The molecule has 0 fully saturated rings. The molecule has 1 aromatic carbocycles. The van der Waals surface area contributed by atoms with Crippen molar-refractivity contribution in [3.63, 3.8) is 0 Å². The first kappa shape index (κ1) is 20.5. The number of carbonyl (C=O) groups is 1. The summed E-state index contributed by atoms with van der Waals surface area (Å²) in [5.74, 6) is -0.417. The van der Waals surface area contributed by atoms with Crippen LogP contribution in [0.4, 0.5) is 22.4 Å². The summed E-state index contributed by atoms with van der Waals surface area (Å²) in [6.07, 6.45) is 1.04. The van der Waals surface area contributed by atoms with Gasteiger partial charge in [0.1, 0.15) is 11.5 Å². The van der Waals surface area contributed by atoms with E-state index in [0.717, 1.165) is 6.07 Å². The molecule has 2 amide bonds. The Morgan fingerprint density at radius 1 is 1.06 bits per heavy atom. The molecule has 160 valence electrons. The third-order valence-electron chi connectivity index (χ3n) is 4.53. The molecule has 0 bridgehead atoms. The van der Waals surface area contributed by atoms with Crippen LogP contribution in [0.2, 0.25) is 0 Å². The van der Waals surface area contributed by atoms with Crippen LogP contribution in [0, 0.1) is 5.82 Å². The molecular weight excluding hydrogens is 416 g/mol. The number of alkyl halides is 3. The molecule has 0 aliphatic heterocycles. The lowest BCUT2D eigenvalue weighted by atomic mass is 10.1. The lowest BCUT2D eigenvalue weighted by Gasteiger charge is -2.10. The van der Waals surface area contributed by atoms with Gasteiger partial charge >= 0.3 is 12.2 Å². The molecule has 6 nitrogen and oxygen atoms in total. The number of urea groups is 1. The number of halogens is 4. The number of aromatic nitrogens is 2. The number of furan rings is 1. The molecule has 0 atom stereocenters. The second kappa shape index (κ2) is 8.13. The first-order valence-corrected chi connectivity index (χ1v) is 9.17. The molecule has 2 N–H and O–H groups in total. The maximum absolute atomic E-state index is 13.6. The second-order valence-corrected chi connectivity index (χ2v) is 6.78. The summed E-state index contributed by atoms with van der Waals surface area (Å²) in [5.41, 5.74) is 0.473. The van der Waals surface area contributed by atoms with E-state index in [0.29, 0.717) is 16.7 Å². The fraction of sp³-hybridized carbons (Fsp3) is 0.143. The van der Waals surface area contributed by atoms with E-state index in [1.54, 1.807) is 12.1 Å². The smallest absolute Gasteiger partial charge is 0.420 e. The van der Waals surface area contributed by atoms with E-state index in [-0.39, 0.29) is 24.4 Å². The van der Waals surface area contributed by atoms with Gasteiger partial charge in [0.15, 0.2) is 0 Å². The van der Waals surface area contributed by atoms with Gasteiger partial charge < -0.3 is 19.5 Å². The van der Waals surface area contributed by atoms with Crippen LogP contribution in [0.3, 0.4) is 0 Å². The summed E-state index contributed by atoms with van der Waals surface area (Å²) < 4.78 is 60.1. The number of hydrogen-bond donors (Lipinski definition) is 2. The zero-order chi connectivity index (χ0) is 22.0. The molecular formula is C21H16F4N4O2. The molecule has 0 unspecified atom stereocenters. The highest BCUT2D eigenvalue weighted by molar-refractivity contribution is 5.74. The molecule has 0 saturated carbocycles. The molecule has 0 saturated heterocycles. The molecule has 3 aromatic heterocycles. The fourth-order valence-electron chi connectivity index (χ4n) is 3.09. The number of carbonyl (C=O) groups excluding carboxylic acids is 1. The first-order valence-electron chi connectivity index (χ1n) is 9.17. The molecule has 3 heterocycles. The van der Waals surface area contributed by atoms with Crippen molar-refractivity contribution in [1.82, 2.24) is 20.0 Å². The lowest BCUT2D eigenvalue weighted by Crippen LogP contribution is -2.34. The quantitative estimate of drug-likeness (QED) is 0.447. The fourth-order valence-corrected chi connectivity index (χ4v) is 3.09. The van der Waals surface area contributed by atoms with Crippen molar-refractivity contribution in [2.75, 3.05) is 0 Å². The van der Waals surface area contributed by atoms with E-state index in [9.17, 15) is 22.4 Å². The Labute approximate surface area is 173 Å². The van der Waals surface area contributed by atoms with E-state index < -0.39 is 23.6 Å². The average Bonchev–Trinajstić information content (AvgIpc) is 3.38. The van der Waals surface area contributed by atoms with Crippen LogP contribution in [0.1, 0.15) is 16.8 Å². The van der Waals surface area contributed by atoms with E-state index in [1.165, 1.54) is 47.5 Å². The minimum atomic E-state index is -4.61. The van der Waals surface area contributed by atoms with Crippen LogP contribution in [0.15, 0.2) is 65.7 Å². The third-order valence-corrected chi connectivity index (χ3v) is 4.53. The van der Waals surface area contributed by atoms with Gasteiger partial charge in [0.05, 0.1) is 30.3 Å². The Balaban J connectivity index is 1.50. The predicted octanol–water partition coefficient (Wildman–Crippen LogP) is 4.75. The van der Waals surface area contributed by atoms with E-state index in [4.69, 9.17) is 4.42 Å². The van der Waals surface area contributed by atoms with Crippen molar-refractivity contribution < 1.29 is 26.8 Å². The molecule has 10 heteroatoms. The third kappa shape index (κ3) is 4.68. The van der Waals surface area contributed by atoms with E-state index >= 15 is 0 Å². The topological polar surface area (TPSA) is 71.6 Å². The van der Waals surface area contributed by atoms with Gasteiger partial charge in [-0.1, -0.05) is 12.1 Å². The van der Waals surface area contributed by atoms with Crippen LogP contribution in [-0.2, 0) is 19.3 Å². The maximum Gasteiger partial charge on any atom is 0.420 e. The number of nitrogens with zero attached hydrogens (tertiary/aromatic N) is 2. The van der Waals surface area contributed by atoms with Gasteiger partial charge in [-0.3, -0.25) is 0 Å². The van der Waals surface area contributed by atoms with Crippen LogP contribution in [-0.4, -0.2) is 15.4 Å². The van der Waals surface area contributed by atoms with Gasteiger partial charge in [-0.15, -0.1) is 0 Å². The Kier molecular flexibility index (Phi) is 5.37. The Bertz CT molecular complexity index is 1220. The summed E-state index contributed by atoms with van der Waals surface area (Å²) in [6, 6.07) is 7.77. The molecule has 0 aliphatic carbocycles. The van der Waals surface area contributed by atoms with Gasteiger partial charge in [-0.25, -0.2) is 14.2 Å².